The Bertz CT molecular complexity index is 1400. The molecule has 6 nitrogen and oxygen atoms in total. The van der Waals surface area contributed by atoms with E-state index in [0.29, 0.717) is 23.3 Å². The van der Waals surface area contributed by atoms with Crippen molar-refractivity contribution in [3.63, 3.8) is 0 Å². The molecule has 0 atom stereocenters. The van der Waals surface area contributed by atoms with Crippen LogP contribution in [0.2, 0.25) is 5.02 Å². The van der Waals surface area contributed by atoms with E-state index in [0.717, 1.165) is 40.7 Å². The average molecular weight is 533 g/mol. The van der Waals surface area contributed by atoms with Crippen molar-refractivity contribution >= 4 is 45.7 Å². The number of nitrogens with zero attached hydrogens (tertiary/aromatic N) is 3. The first-order valence-corrected chi connectivity index (χ1v) is 12.1. The first kappa shape index (κ1) is 25.6. The van der Waals surface area contributed by atoms with Gasteiger partial charge in [-0.3, -0.25) is 9.36 Å². The molecule has 0 aliphatic carbocycles. The van der Waals surface area contributed by atoms with Crippen LogP contribution in [0.4, 0.5) is 18.9 Å². The number of hydrogen-bond donors (Lipinski definition) is 1. The van der Waals surface area contributed by atoms with Gasteiger partial charge in [-0.2, -0.15) is 13.2 Å². The topological polar surface area (TPSA) is 69.0 Å². The van der Waals surface area contributed by atoms with Crippen molar-refractivity contribution in [2.45, 2.75) is 24.5 Å². The number of aromatic nitrogens is 3. The highest BCUT2D eigenvalue weighted by molar-refractivity contribution is 7.99. The summed E-state index contributed by atoms with van der Waals surface area (Å²) in [4.78, 5) is 12.4. The minimum absolute atomic E-state index is 0.00375. The molecular weight excluding hydrogens is 513 g/mol. The molecule has 0 saturated heterocycles. The first-order valence-electron chi connectivity index (χ1n) is 10.7. The smallest absolute Gasteiger partial charge is 0.416 e. The second-order valence-electron chi connectivity index (χ2n) is 7.59. The quantitative estimate of drug-likeness (QED) is 0.194. The summed E-state index contributed by atoms with van der Waals surface area (Å²) >= 11 is 7.04. The van der Waals surface area contributed by atoms with Gasteiger partial charge in [-0.05, 0) is 29.7 Å². The van der Waals surface area contributed by atoms with E-state index in [1.165, 1.54) is 0 Å². The predicted octanol–water partition coefficient (Wildman–Crippen LogP) is 6.60. The Hall–Kier alpha value is -3.50. The molecule has 0 radical (unpaired) electrons. The Balaban J connectivity index is 1.43. The number of anilines is 1. The van der Waals surface area contributed by atoms with E-state index in [2.05, 4.69) is 22.1 Å². The van der Waals surface area contributed by atoms with Crippen LogP contribution in [0.15, 0.2) is 78.5 Å². The molecule has 1 aromatic heterocycles. The lowest BCUT2D eigenvalue weighted by Crippen LogP contribution is -2.16. The fourth-order valence-electron chi connectivity index (χ4n) is 3.42. The molecule has 4 rings (SSSR count). The minimum atomic E-state index is -4.55. The zero-order valence-corrected chi connectivity index (χ0v) is 20.3. The van der Waals surface area contributed by atoms with Gasteiger partial charge in [0.2, 0.25) is 5.91 Å². The molecule has 0 unspecified atom stereocenters. The van der Waals surface area contributed by atoms with Crippen LogP contribution in [0.5, 0.6) is 5.75 Å². The van der Waals surface area contributed by atoms with Gasteiger partial charge in [0, 0.05) is 11.9 Å². The maximum atomic E-state index is 13.0. The Labute approximate surface area is 214 Å². The van der Waals surface area contributed by atoms with E-state index in [4.69, 9.17) is 16.3 Å². The third kappa shape index (κ3) is 6.00. The van der Waals surface area contributed by atoms with Crippen LogP contribution in [-0.4, -0.2) is 26.4 Å². The minimum Gasteiger partial charge on any atom is -0.485 e. The van der Waals surface area contributed by atoms with Crippen LogP contribution in [0, 0.1) is 0 Å². The molecule has 186 valence electrons. The summed E-state index contributed by atoms with van der Waals surface area (Å²) < 4.78 is 46.7. The van der Waals surface area contributed by atoms with Gasteiger partial charge in [-0.25, -0.2) is 0 Å². The molecule has 4 aromatic rings. The fourth-order valence-corrected chi connectivity index (χ4v) is 4.35. The number of nitrogens with one attached hydrogen (secondary N) is 1. The van der Waals surface area contributed by atoms with Crippen LogP contribution in [0.3, 0.4) is 0 Å². The highest BCUT2D eigenvalue weighted by atomic mass is 35.5. The summed E-state index contributed by atoms with van der Waals surface area (Å²) in [7, 11) is 0. The number of allylic oxidation sites excluding steroid dienone is 1. The van der Waals surface area contributed by atoms with Crippen molar-refractivity contribution in [2.24, 2.45) is 0 Å². The number of hydrogen-bond acceptors (Lipinski definition) is 5. The number of carbonyl (C=O) groups is 1. The zero-order chi connectivity index (χ0) is 25.7. The number of benzene rings is 3. The third-order valence-electron chi connectivity index (χ3n) is 5.11. The number of fused-ring (bicyclic) bond motifs is 1. The van der Waals surface area contributed by atoms with E-state index in [-0.39, 0.29) is 23.1 Å². The van der Waals surface area contributed by atoms with Crippen molar-refractivity contribution in [1.82, 2.24) is 14.8 Å². The lowest BCUT2D eigenvalue weighted by atomic mass is 10.1. The van der Waals surface area contributed by atoms with E-state index in [1.807, 2.05) is 42.5 Å². The SMILES string of the molecule is C=CCn1c(COc2cccc3ccccc23)nnc1SCC(=O)Nc1cc(C(F)(F)F)ccc1Cl. The number of halogens is 4. The Morgan fingerprint density at radius 1 is 1.14 bits per heavy atom. The molecule has 1 N–H and O–H groups in total. The molecule has 0 spiro atoms. The molecule has 0 aliphatic rings. The Morgan fingerprint density at radius 3 is 2.69 bits per heavy atom. The monoisotopic (exact) mass is 532 g/mol. The number of ether oxygens (including phenoxy) is 1. The van der Waals surface area contributed by atoms with Gasteiger partial charge in [-0.1, -0.05) is 65.8 Å². The highest BCUT2D eigenvalue weighted by Crippen LogP contribution is 2.34. The van der Waals surface area contributed by atoms with Crippen LogP contribution < -0.4 is 10.1 Å². The molecule has 0 aliphatic heterocycles. The fraction of sp³-hybridized carbons (Fsp3) is 0.160. The maximum Gasteiger partial charge on any atom is 0.416 e. The van der Waals surface area contributed by atoms with Gasteiger partial charge in [0.25, 0.3) is 0 Å². The van der Waals surface area contributed by atoms with Crippen molar-refractivity contribution in [2.75, 3.05) is 11.1 Å². The highest BCUT2D eigenvalue weighted by Gasteiger charge is 2.31. The Kier molecular flexibility index (Phi) is 7.85. The van der Waals surface area contributed by atoms with E-state index < -0.39 is 17.6 Å². The Morgan fingerprint density at radius 2 is 1.92 bits per heavy atom. The van der Waals surface area contributed by atoms with Gasteiger partial charge in [0.1, 0.15) is 12.4 Å². The second kappa shape index (κ2) is 11.0. The number of rotatable bonds is 9. The molecule has 1 heterocycles. The average Bonchev–Trinajstić information content (AvgIpc) is 3.23. The number of carbonyl (C=O) groups excluding carboxylic acids is 1. The molecule has 11 heteroatoms. The second-order valence-corrected chi connectivity index (χ2v) is 8.94. The van der Waals surface area contributed by atoms with Gasteiger partial charge in [0.05, 0.1) is 22.0 Å². The lowest BCUT2D eigenvalue weighted by Gasteiger charge is -2.12. The zero-order valence-electron chi connectivity index (χ0n) is 18.8. The molecular formula is C25H20ClF3N4O2S. The number of amides is 1. The van der Waals surface area contributed by atoms with E-state index >= 15 is 0 Å². The maximum absolute atomic E-state index is 13.0. The largest absolute Gasteiger partial charge is 0.485 e. The molecule has 3 aromatic carbocycles. The summed E-state index contributed by atoms with van der Waals surface area (Å²) in [5.41, 5.74) is -1.02. The number of alkyl halides is 3. The molecule has 36 heavy (non-hydrogen) atoms. The standard InChI is InChI=1S/C25H20ClF3N4O2S/c1-2-12-33-22(14-35-21-9-5-7-16-6-3-4-8-18(16)21)31-32-24(33)36-15-23(34)30-20-13-17(25(27,28)29)10-11-19(20)26/h2-11,13H,1,12,14-15H2,(H,30,34). The van der Waals surface area contributed by atoms with Crippen molar-refractivity contribution < 1.29 is 22.7 Å². The van der Waals surface area contributed by atoms with Crippen molar-refractivity contribution in [1.29, 1.82) is 0 Å². The first-order chi connectivity index (χ1) is 17.3. The van der Waals surface area contributed by atoms with Crippen LogP contribution in [0.25, 0.3) is 10.8 Å². The van der Waals surface area contributed by atoms with Crippen LogP contribution in [0.1, 0.15) is 11.4 Å². The van der Waals surface area contributed by atoms with Gasteiger partial charge in [-0.15, -0.1) is 16.8 Å². The predicted molar refractivity (Wildman–Crippen MR) is 134 cm³/mol. The normalized spacial score (nSPS) is 11.4. The summed E-state index contributed by atoms with van der Waals surface area (Å²) in [6, 6.07) is 16.4. The van der Waals surface area contributed by atoms with E-state index in [1.54, 1.807) is 10.6 Å². The van der Waals surface area contributed by atoms with E-state index in [9.17, 15) is 18.0 Å². The summed E-state index contributed by atoms with van der Waals surface area (Å²) in [6.07, 6.45) is -2.89. The summed E-state index contributed by atoms with van der Waals surface area (Å²) in [5.74, 6) is 0.578. The van der Waals surface area contributed by atoms with Crippen molar-refractivity contribution in [3.8, 4) is 5.75 Å². The van der Waals surface area contributed by atoms with Gasteiger partial charge >= 0.3 is 6.18 Å². The molecule has 0 bridgehead atoms. The summed E-state index contributed by atoms with van der Waals surface area (Å²) in [5, 5.41) is 13.2. The lowest BCUT2D eigenvalue weighted by molar-refractivity contribution is -0.137. The molecule has 0 saturated carbocycles. The van der Waals surface area contributed by atoms with Crippen molar-refractivity contribution in [3.05, 3.63) is 89.7 Å². The summed E-state index contributed by atoms with van der Waals surface area (Å²) in [6.45, 7) is 4.27. The third-order valence-corrected chi connectivity index (χ3v) is 6.41. The van der Waals surface area contributed by atoms with Gasteiger partial charge in [0.15, 0.2) is 11.0 Å². The molecule has 1 amide bonds. The van der Waals surface area contributed by atoms with Gasteiger partial charge < -0.3 is 10.1 Å². The molecule has 0 fully saturated rings. The van der Waals surface area contributed by atoms with Crippen LogP contribution >= 0.6 is 23.4 Å². The van der Waals surface area contributed by atoms with Crippen LogP contribution in [-0.2, 0) is 24.1 Å². The number of thioether (sulfide) groups is 1.